The molecule has 2 aliphatic heterocycles. The molecule has 4 rings (SSSR count). The van der Waals surface area contributed by atoms with Crippen LogP contribution in [0.1, 0.15) is 23.3 Å². The van der Waals surface area contributed by atoms with Crippen molar-refractivity contribution in [1.82, 2.24) is 9.88 Å². The second-order valence-corrected chi connectivity index (χ2v) is 7.58. The third kappa shape index (κ3) is 3.72. The van der Waals surface area contributed by atoms with Crippen LogP contribution in [0.25, 0.3) is 10.6 Å². The SMILES string of the molecule is O=C(c1csc(-c2cccc(Cl)c2)n1)N1CCC(C2OCCO2)CC1. The lowest BCUT2D eigenvalue weighted by atomic mass is 9.96. The van der Waals surface area contributed by atoms with Gasteiger partial charge in [-0.05, 0) is 25.0 Å². The quantitative estimate of drug-likeness (QED) is 0.817. The van der Waals surface area contributed by atoms with Crippen molar-refractivity contribution in [3.05, 3.63) is 40.4 Å². The maximum Gasteiger partial charge on any atom is 0.273 e. The maximum absolute atomic E-state index is 12.7. The highest BCUT2D eigenvalue weighted by atomic mass is 35.5. The number of hydrogen-bond donors (Lipinski definition) is 0. The summed E-state index contributed by atoms with van der Waals surface area (Å²) in [4.78, 5) is 19.1. The molecule has 3 heterocycles. The summed E-state index contributed by atoms with van der Waals surface area (Å²) >= 11 is 7.50. The van der Waals surface area contributed by atoms with Crippen molar-refractivity contribution in [3.8, 4) is 10.6 Å². The zero-order valence-electron chi connectivity index (χ0n) is 13.7. The van der Waals surface area contributed by atoms with E-state index in [1.54, 1.807) is 0 Å². The van der Waals surface area contributed by atoms with Gasteiger partial charge in [-0.15, -0.1) is 11.3 Å². The molecule has 0 aliphatic carbocycles. The normalized spacial score (nSPS) is 19.5. The molecule has 1 aromatic heterocycles. The van der Waals surface area contributed by atoms with Gasteiger partial charge >= 0.3 is 0 Å². The highest BCUT2D eigenvalue weighted by Gasteiger charge is 2.32. The lowest BCUT2D eigenvalue weighted by Gasteiger charge is -2.33. The van der Waals surface area contributed by atoms with Crippen LogP contribution < -0.4 is 0 Å². The Morgan fingerprint density at radius 3 is 2.72 bits per heavy atom. The molecule has 25 heavy (non-hydrogen) atoms. The molecule has 7 heteroatoms. The van der Waals surface area contributed by atoms with Gasteiger partial charge in [0, 0.05) is 35.0 Å². The van der Waals surface area contributed by atoms with E-state index in [2.05, 4.69) is 4.98 Å². The van der Waals surface area contributed by atoms with Gasteiger partial charge in [0.15, 0.2) is 6.29 Å². The molecule has 0 spiro atoms. The van der Waals surface area contributed by atoms with Crippen molar-refractivity contribution < 1.29 is 14.3 Å². The fraction of sp³-hybridized carbons (Fsp3) is 0.444. The van der Waals surface area contributed by atoms with Crippen LogP contribution in [0.3, 0.4) is 0 Å². The lowest BCUT2D eigenvalue weighted by Crippen LogP contribution is -2.41. The number of carbonyl (C=O) groups is 1. The Labute approximate surface area is 155 Å². The average molecular weight is 379 g/mol. The number of benzene rings is 1. The van der Waals surface area contributed by atoms with Crippen molar-refractivity contribution in [2.75, 3.05) is 26.3 Å². The topological polar surface area (TPSA) is 51.7 Å². The van der Waals surface area contributed by atoms with E-state index in [1.807, 2.05) is 34.5 Å². The number of halogens is 1. The van der Waals surface area contributed by atoms with Crippen molar-refractivity contribution in [2.45, 2.75) is 19.1 Å². The molecule has 1 aromatic carbocycles. The fourth-order valence-corrected chi connectivity index (χ4v) is 4.29. The van der Waals surface area contributed by atoms with E-state index in [9.17, 15) is 4.79 Å². The third-order valence-corrected chi connectivity index (χ3v) is 5.78. The first-order valence-electron chi connectivity index (χ1n) is 8.44. The second-order valence-electron chi connectivity index (χ2n) is 6.29. The number of amides is 1. The number of ether oxygens (including phenoxy) is 2. The molecule has 0 bridgehead atoms. The first kappa shape index (κ1) is 17.0. The van der Waals surface area contributed by atoms with Crippen LogP contribution in [0.4, 0.5) is 0 Å². The Kier molecular flexibility index (Phi) is 5.03. The van der Waals surface area contributed by atoms with Crippen molar-refractivity contribution in [1.29, 1.82) is 0 Å². The van der Waals surface area contributed by atoms with Gasteiger partial charge in [0.1, 0.15) is 10.7 Å². The van der Waals surface area contributed by atoms with Crippen molar-refractivity contribution >= 4 is 28.8 Å². The van der Waals surface area contributed by atoms with Gasteiger partial charge in [0.2, 0.25) is 0 Å². The van der Waals surface area contributed by atoms with Gasteiger partial charge in [0.25, 0.3) is 5.91 Å². The Hall–Kier alpha value is -1.47. The van der Waals surface area contributed by atoms with E-state index in [4.69, 9.17) is 21.1 Å². The number of likely N-dealkylation sites (tertiary alicyclic amines) is 1. The smallest absolute Gasteiger partial charge is 0.273 e. The number of nitrogens with zero attached hydrogens (tertiary/aromatic N) is 2. The third-order valence-electron chi connectivity index (χ3n) is 4.65. The maximum atomic E-state index is 12.7. The lowest BCUT2D eigenvalue weighted by molar-refractivity contribution is -0.0956. The van der Waals surface area contributed by atoms with Gasteiger partial charge < -0.3 is 14.4 Å². The van der Waals surface area contributed by atoms with Gasteiger partial charge in [0.05, 0.1) is 13.2 Å². The van der Waals surface area contributed by atoms with Crippen molar-refractivity contribution in [2.24, 2.45) is 5.92 Å². The Bertz CT molecular complexity index is 752. The number of aromatic nitrogens is 1. The predicted octanol–water partition coefficient (Wildman–Crippen LogP) is 3.69. The van der Waals surface area contributed by atoms with E-state index in [-0.39, 0.29) is 12.2 Å². The first-order valence-corrected chi connectivity index (χ1v) is 9.70. The molecule has 2 saturated heterocycles. The molecule has 1 amide bonds. The average Bonchev–Trinajstić information content (AvgIpc) is 3.33. The number of carbonyl (C=O) groups excluding carboxylic acids is 1. The van der Waals surface area contributed by atoms with Gasteiger partial charge in [-0.3, -0.25) is 4.79 Å². The van der Waals surface area contributed by atoms with Crippen LogP contribution >= 0.6 is 22.9 Å². The molecule has 0 N–H and O–H groups in total. The van der Waals surface area contributed by atoms with E-state index < -0.39 is 0 Å². The fourth-order valence-electron chi connectivity index (χ4n) is 3.31. The zero-order valence-corrected chi connectivity index (χ0v) is 15.3. The molecule has 0 radical (unpaired) electrons. The Morgan fingerprint density at radius 1 is 1.24 bits per heavy atom. The van der Waals surface area contributed by atoms with E-state index in [1.165, 1.54) is 11.3 Å². The van der Waals surface area contributed by atoms with Crippen molar-refractivity contribution in [3.63, 3.8) is 0 Å². The molecule has 2 aromatic rings. The minimum Gasteiger partial charge on any atom is -0.350 e. The van der Waals surface area contributed by atoms with E-state index in [0.717, 1.165) is 36.5 Å². The minimum atomic E-state index is -0.0917. The number of hydrogen-bond acceptors (Lipinski definition) is 5. The Morgan fingerprint density at radius 2 is 2.00 bits per heavy atom. The summed E-state index contributed by atoms with van der Waals surface area (Å²) in [5.41, 5.74) is 1.44. The summed E-state index contributed by atoms with van der Waals surface area (Å²) in [6.07, 6.45) is 1.72. The first-order chi connectivity index (χ1) is 12.2. The van der Waals surface area contributed by atoms with Crippen LogP contribution in [0.5, 0.6) is 0 Å². The molecule has 0 atom stereocenters. The summed E-state index contributed by atoms with van der Waals surface area (Å²) in [7, 11) is 0. The largest absolute Gasteiger partial charge is 0.350 e. The van der Waals surface area contributed by atoms with Crippen LogP contribution in [0, 0.1) is 5.92 Å². The molecule has 0 unspecified atom stereocenters. The molecular formula is C18H19ClN2O3S. The standard InChI is InChI=1S/C18H19ClN2O3S/c19-14-3-1-2-13(10-14)16-20-15(11-25-16)17(22)21-6-4-12(5-7-21)18-23-8-9-24-18/h1-3,10-12,18H,4-9H2. The van der Waals surface area contributed by atoms with Crippen LogP contribution in [-0.4, -0.2) is 48.4 Å². The molecule has 0 saturated carbocycles. The monoisotopic (exact) mass is 378 g/mol. The predicted molar refractivity (Wildman–Crippen MR) is 96.9 cm³/mol. The summed E-state index contributed by atoms with van der Waals surface area (Å²) in [5.74, 6) is 0.375. The molecular weight excluding hydrogens is 360 g/mol. The number of rotatable bonds is 3. The highest BCUT2D eigenvalue weighted by molar-refractivity contribution is 7.13. The van der Waals surface area contributed by atoms with Gasteiger partial charge in [-0.2, -0.15) is 0 Å². The van der Waals surface area contributed by atoms with Gasteiger partial charge in [-0.1, -0.05) is 23.7 Å². The molecule has 5 nitrogen and oxygen atoms in total. The summed E-state index contributed by atoms with van der Waals surface area (Å²) in [6, 6.07) is 7.53. The Balaban J connectivity index is 1.40. The summed E-state index contributed by atoms with van der Waals surface area (Å²) < 4.78 is 11.2. The van der Waals surface area contributed by atoms with E-state index >= 15 is 0 Å². The minimum absolute atomic E-state index is 0.00348. The zero-order chi connectivity index (χ0) is 17.2. The van der Waals surface area contributed by atoms with Gasteiger partial charge in [-0.25, -0.2) is 4.98 Å². The molecule has 2 aliphatic rings. The molecule has 132 valence electrons. The van der Waals surface area contributed by atoms with Crippen LogP contribution in [0.2, 0.25) is 5.02 Å². The number of piperidine rings is 1. The summed E-state index contributed by atoms with van der Waals surface area (Å²) in [6.45, 7) is 2.79. The summed E-state index contributed by atoms with van der Waals surface area (Å²) in [5, 5.41) is 3.31. The van der Waals surface area contributed by atoms with Crippen LogP contribution in [-0.2, 0) is 9.47 Å². The van der Waals surface area contributed by atoms with Crippen LogP contribution in [0.15, 0.2) is 29.6 Å². The molecule has 2 fully saturated rings. The van der Waals surface area contributed by atoms with E-state index in [0.29, 0.717) is 29.8 Å². The highest BCUT2D eigenvalue weighted by Crippen LogP contribution is 2.29. The number of thiazole rings is 1. The second kappa shape index (κ2) is 7.41.